The number of nitrogens with zero attached hydrogens (tertiary/aromatic N) is 4. The first-order valence-corrected chi connectivity index (χ1v) is 10.7. The summed E-state index contributed by atoms with van der Waals surface area (Å²) in [5, 5.41) is -0.358. The molecule has 0 aromatic heterocycles. The quantitative estimate of drug-likeness (QED) is 0.688. The zero-order chi connectivity index (χ0) is 22.5. The number of rotatable bonds is 4. The van der Waals surface area contributed by atoms with Crippen LogP contribution in [0.1, 0.15) is 16.7 Å². The van der Waals surface area contributed by atoms with Crippen molar-refractivity contribution in [2.24, 2.45) is 4.99 Å². The smallest absolute Gasteiger partial charge is 0.312 e. The van der Waals surface area contributed by atoms with E-state index in [4.69, 9.17) is 11.6 Å². The Bertz CT molecular complexity index is 1130. The molecule has 3 aliphatic heterocycles. The molecule has 0 spiro atoms. The minimum atomic E-state index is -4.56. The Kier molecular flexibility index (Phi) is 5.22. The molecular weight excluding hydrogens is 441 g/mol. The number of amides is 1. The van der Waals surface area contributed by atoms with Gasteiger partial charge in [0.2, 0.25) is 5.96 Å². The molecule has 0 bridgehead atoms. The first kappa shape index (κ1) is 21.0. The predicted molar refractivity (Wildman–Crippen MR) is 115 cm³/mol. The third kappa shape index (κ3) is 3.78. The fraction of sp³-hybridized carbons (Fsp3) is 0.304. The van der Waals surface area contributed by atoms with Crippen molar-refractivity contribution in [3.05, 3.63) is 81.5 Å². The molecule has 2 aromatic rings. The van der Waals surface area contributed by atoms with E-state index >= 15 is 0 Å². The molecule has 0 unspecified atom stereocenters. The first-order chi connectivity index (χ1) is 15.3. The number of hydrogen-bond donors (Lipinski definition) is 0. The van der Waals surface area contributed by atoms with Crippen LogP contribution in [0.3, 0.4) is 0 Å². The number of hydrogen-bond acceptors (Lipinski definition) is 4. The minimum Gasteiger partial charge on any atom is -0.312 e. The molecule has 0 aliphatic carbocycles. The molecule has 0 saturated carbocycles. The third-order valence-electron chi connectivity index (χ3n) is 5.92. The maximum absolute atomic E-state index is 13.4. The van der Waals surface area contributed by atoms with Crippen molar-refractivity contribution in [3.63, 3.8) is 0 Å². The normalized spacial score (nSPS) is 18.9. The number of alkyl halides is 3. The van der Waals surface area contributed by atoms with Crippen molar-refractivity contribution >= 4 is 23.5 Å². The van der Waals surface area contributed by atoms with Crippen molar-refractivity contribution in [1.82, 2.24) is 14.7 Å². The van der Waals surface area contributed by atoms with Gasteiger partial charge in [0.1, 0.15) is 0 Å². The standard InChI is InChI=1S/C23H20ClF3N4O/c24-19-7-6-16(10-18(19)23(25,26)27)12-31-21(32)17-13-29(11-15-4-2-1-3-5-15)14-20(17)30-9-8-28-22(30)31/h1-7,10H,8-9,11-14H2. The number of carbonyl (C=O) groups excluding carboxylic acids is 1. The first-order valence-electron chi connectivity index (χ1n) is 10.3. The van der Waals surface area contributed by atoms with Crippen molar-refractivity contribution in [2.75, 3.05) is 26.2 Å². The molecule has 0 N–H and O–H groups in total. The molecule has 32 heavy (non-hydrogen) atoms. The van der Waals surface area contributed by atoms with Gasteiger partial charge in [-0.2, -0.15) is 13.2 Å². The van der Waals surface area contributed by atoms with Gasteiger partial charge in [0.25, 0.3) is 5.91 Å². The van der Waals surface area contributed by atoms with E-state index < -0.39 is 11.7 Å². The molecule has 3 heterocycles. The van der Waals surface area contributed by atoms with Crippen LogP contribution in [0.4, 0.5) is 13.2 Å². The Balaban J connectivity index is 1.40. The largest absolute Gasteiger partial charge is 0.417 e. The summed E-state index contributed by atoms with van der Waals surface area (Å²) in [5.41, 5.74) is 2.25. The van der Waals surface area contributed by atoms with Crippen LogP contribution < -0.4 is 0 Å². The number of halogens is 4. The minimum absolute atomic E-state index is 0.00385. The fourth-order valence-corrected chi connectivity index (χ4v) is 4.68. The average molecular weight is 461 g/mol. The van der Waals surface area contributed by atoms with Crippen LogP contribution in [-0.4, -0.2) is 52.7 Å². The number of aliphatic imine (C=N–C) groups is 1. The highest BCUT2D eigenvalue weighted by Crippen LogP contribution is 2.36. The summed E-state index contributed by atoms with van der Waals surface area (Å²) in [7, 11) is 0. The van der Waals surface area contributed by atoms with E-state index in [2.05, 4.69) is 9.89 Å². The van der Waals surface area contributed by atoms with E-state index in [1.807, 2.05) is 35.2 Å². The molecule has 0 atom stereocenters. The van der Waals surface area contributed by atoms with Gasteiger partial charge in [-0.3, -0.25) is 19.6 Å². The van der Waals surface area contributed by atoms with Gasteiger partial charge in [0.05, 0.1) is 29.2 Å². The molecule has 0 radical (unpaired) electrons. The number of guanidine groups is 1. The molecule has 1 amide bonds. The molecule has 5 nitrogen and oxygen atoms in total. The van der Waals surface area contributed by atoms with Crippen LogP contribution in [0.15, 0.2) is 64.8 Å². The summed E-state index contributed by atoms with van der Waals surface area (Å²) in [6.45, 7) is 3.06. The van der Waals surface area contributed by atoms with E-state index in [-0.39, 0.29) is 17.5 Å². The van der Waals surface area contributed by atoms with Crippen LogP contribution in [0.5, 0.6) is 0 Å². The van der Waals surface area contributed by atoms with Crippen molar-refractivity contribution < 1.29 is 18.0 Å². The summed E-state index contributed by atoms with van der Waals surface area (Å²) >= 11 is 5.75. The number of carbonyl (C=O) groups is 1. The Morgan fingerprint density at radius 3 is 2.53 bits per heavy atom. The predicted octanol–water partition coefficient (Wildman–Crippen LogP) is 4.14. The Labute approximate surface area is 188 Å². The maximum atomic E-state index is 13.4. The van der Waals surface area contributed by atoms with Gasteiger partial charge >= 0.3 is 6.18 Å². The topological polar surface area (TPSA) is 39.2 Å². The van der Waals surface area contributed by atoms with Gasteiger partial charge in [-0.15, -0.1) is 0 Å². The lowest BCUT2D eigenvalue weighted by molar-refractivity contribution is -0.137. The van der Waals surface area contributed by atoms with Crippen LogP contribution in [0.2, 0.25) is 5.02 Å². The monoisotopic (exact) mass is 460 g/mol. The Hall–Kier alpha value is -2.84. The summed E-state index contributed by atoms with van der Waals surface area (Å²) < 4.78 is 39.9. The Morgan fingerprint density at radius 2 is 1.78 bits per heavy atom. The number of fused-ring (bicyclic) bond motifs is 2. The van der Waals surface area contributed by atoms with Crippen LogP contribution in [0, 0.1) is 0 Å². The van der Waals surface area contributed by atoms with E-state index in [0.29, 0.717) is 49.8 Å². The maximum Gasteiger partial charge on any atom is 0.417 e. The molecule has 2 aromatic carbocycles. The Morgan fingerprint density at radius 1 is 1.00 bits per heavy atom. The lowest BCUT2D eigenvalue weighted by atomic mass is 10.1. The zero-order valence-corrected chi connectivity index (χ0v) is 17.8. The van der Waals surface area contributed by atoms with Crippen molar-refractivity contribution in [1.29, 1.82) is 0 Å². The van der Waals surface area contributed by atoms with E-state index in [0.717, 1.165) is 17.3 Å². The van der Waals surface area contributed by atoms with Crippen LogP contribution >= 0.6 is 11.6 Å². The molecular formula is C23H20ClF3N4O. The lowest BCUT2D eigenvalue weighted by Crippen LogP contribution is -2.49. The molecule has 166 valence electrons. The second kappa shape index (κ2) is 7.94. The summed E-state index contributed by atoms with van der Waals surface area (Å²) in [4.78, 5) is 23.6. The fourth-order valence-electron chi connectivity index (χ4n) is 4.46. The number of benzene rings is 2. The summed E-state index contributed by atoms with van der Waals surface area (Å²) in [5.74, 6) is 0.315. The third-order valence-corrected chi connectivity index (χ3v) is 6.25. The van der Waals surface area contributed by atoms with E-state index in [1.165, 1.54) is 17.0 Å². The second-order valence-corrected chi connectivity index (χ2v) is 8.50. The zero-order valence-electron chi connectivity index (χ0n) is 17.1. The van der Waals surface area contributed by atoms with E-state index in [9.17, 15) is 18.0 Å². The van der Waals surface area contributed by atoms with Crippen molar-refractivity contribution in [3.8, 4) is 0 Å². The highest BCUT2D eigenvalue weighted by molar-refractivity contribution is 6.31. The van der Waals surface area contributed by atoms with Gasteiger partial charge in [-0.1, -0.05) is 48.0 Å². The van der Waals surface area contributed by atoms with Gasteiger partial charge in [0, 0.05) is 31.9 Å². The highest BCUT2D eigenvalue weighted by Gasteiger charge is 2.43. The average Bonchev–Trinajstić information content (AvgIpc) is 3.39. The van der Waals surface area contributed by atoms with E-state index in [1.54, 1.807) is 0 Å². The molecule has 5 rings (SSSR count). The summed E-state index contributed by atoms with van der Waals surface area (Å²) in [6.07, 6.45) is -4.56. The molecule has 0 fully saturated rings. The van der Waals surface area contributed by atoms with Gasteiger partial charge in [0.15, 0.2) is 0 Å². The second-order valence-electron chi connectivity index (χ2n) is 8.09. The van der Waals surface area contributed by atoms with Gasteiger partial charge < -0.3 is 4.90 Å². The van der Waals surface area contributed by atoms with Crippen LogP contribution in [0.25, 0.3) is 0 Å². The summed E-state index contributed by atoms with van der Waals surface area (Å²) in [6, 6.07) is 13.8. The van der Waals surface area contributed by atoms with Gasteiger partial charge in [-0.05, 0) is 23.3 Å². The SMILES string of the molecule is O=C1C2=C(CN(Cc3ccccc3)C2)N2CCN=C2N1Cc1ccc(Cl)c(C(F)(F)F)c1. The lowest BCUT2D eigenvalue weighted by Gasteiger charge is -2.35. The van der Waals surface area contributed by atoms with Gasteiger partial charge in [-0.25, -0.2) is 0 Å². The molecule has 9 heteroatoms. The molecule has 0 saturated heterocycles. The molecule has 3 aliphatic rings. The highest BCUT2D eigenvalue weighted by atomic mass is 35.5. The van der Waals surface area contributed by atoms with Crippen LogP contribution in [-0.2, 0) is 24.1 Å². The van der Waals surface area contributed by atoms with Crippen molar-refractivity contribution in [2.45, 2.75) is 19.3 Å².